The summed E-state index contributed by atoms with van der Waals surface area (Å²) >= 11 is 0. The van der Waals surface area contributed by atoms with Crippen molar-refractivity contribution in [2.45, 2.75) is 32.7 Å². The number of nitrogens with zero attached hydrogens (tertiary/aromatic N) is 1. The highest BCUT2D eigenvalue weighted by atomic mass is 16.5. The van der Waals surface area contributed by atoms with Gasteiger partial charge in [-0.2, -0.15) is 0 Å². The first-order valence-electron chi connectivity index (χ1n) is 8.98. The van der Waals surface area contributed by atoms with Crippen LogP contribution in [0.15, 0.2) is 36.4 Å². The van der Waals surface area contributed by atoms with Crippen LogP contribution in [0.1, 0.15) is 34.3 Å². The number of aryl methyl sites for hydroxylation is 2. The molecule has 0 radical (unpaired) electrons. The van der Waals surface area contributed by atoms with E-state index in [2.05, 4.69) is 22.3 Å². The van der Waals surface area contributed by atoms with E-state index in [1.54, 1.807) is 13.2 Å². The minimum absolute atomic E-state index is 0.347. The number of carbonyl (C=O) groups is 1. The number of piperidine rings is 1. The molecule has 0 aromatic heterocycles. The Labute approximate surface area is 154 Å². The van der Waals surface area contributed by atoms with E-state index in [9.17, 15) is 9.90 Å². The molecule has 0 amide bonds. The van der Waals surface area contributed by atoms with E-state index in [1.807, 2.05) is 32.0 Å². The van der Waals surface area contributed by atoms with Gasteiger partial charge in [0.25, 0.3) is 0 Å². The maximum absolute atomic E-state index is 11.4. The van der Waals surface area contributed by atoms with Crippen molar-refractivity contribution in [2.75, 3.05) is 30.4 Å². The van der Waals surface area contributed by atoms with Gasteiger partial charge in [-0.15, -0.1) is 0 Å². The van der Waals surface area contributed by atoms with Crippen molar-refractivity contribution >= 4 is 17.3 Å². The largest absolute Gasteiger partial charge is 0.497 e. The molecule has 1 aliphatic heterocycles. The van der Waals surface area contributed by atoms with Crippen molar-refractivity contribution in [3.05, 3.63) is 53.1 Å². The van der Waals surface area contributed by atoms with E-state index in [-0.39, 0.29) is 0 Å². The van der Waals surface area contributed by atoms with Gasteiger partial charge in [0, 0.05) is 36.6 Å². The molecule has 0 unspecified atom stereocenters. The molecule has 1 saturated heterocycles. The van der Waals surface area contributed by atoms with Gasteiger partial charge < -0.3 is 20.1 Å². The molecule has 138 valence electrons. The molecule has 2 N–H and O–H groups in total. The summed E-state index contributed by atoms with van der Waals surface area (Å²) in [5.41, 5.74) is 4.36. The molecule has 5 heteroatoms. The molecule has 0 atom stereocenters. The van der Waals surface area contributed by atoms with Crippen LogP contribution in [0.2, 0.25) is 0 Å². The molecule has 0 bridgehead atoms. The Kier molecular flexibility index (Phi) is 5.35. The molecule has 2 aromatic rings. The van der Waals surface area contributed by atoms with Gasteiger partial charge in [-0.1, -0.05) is 12.1 Å². The third-order valence-corrected chi connectivity index (χ3v) is 5.07. The lowest BCUT2D eigenvalue weighted by molar-refractivity contribution is 0.0696. The highest BCUT2D eigenvalue weighted by Gasteiger charge is 2.21. The third-order valence-electron chi connectivity index (χ3n) is 5.07. The molecular formula is C21H26N2O3. The predicted octanol–water partition coefficient (Wildman–Crippen LogP) is 4.09. The van der Waals surface area contributed by atoms with Crippen molar-refractivity contribution in [3.8, 4) is 5.75 Å². The lowest BCUT2D eigenvalue weighted by Crippen LogP contribution is -2.39. The molecule has 0 saturated carbocycles. The zero-order valence-corrected chi connectivity index (χ0v) is 15.6. The fourth-order valence-electron chi connectivity index (χ4n) is 3.55. The van der Waals surface area contributed by atoms with E-state index in [1.165, 1.54) is 5.69 Å². The standard InChI is InChI=1S/C21H26N2O3/c1-14-11-15(2)20(13-19(14)21(24)25)22-16-7-9-23(10-8-16)17-5-4-6-18(12-17)26-3/h4-6,11-13,16,22H,7-10H2,1-3H3,(H,24,25). The summed E-state index contributed by atoms with van der Waals surface area (Å²) in [6.07, 6.45) is 2.01. The van der Waals surface area contributed by atoms with Crippen molar-refractivity contribution in [2.24, 2.45) is 0 Å². The highest BCUT2D eigenvalue weighted by molar-refractivity contribution is 5.91. The summed E-state index contributed by atoms with van der Waals surface area (Å²) in [7, 11) is 1.69. The lowest BCUT2D eigenvalue weighted by atomic mass is 10.0. The Morgan fingerprint density at radius 3 is 2.54 bits per heavy atom. The number of hydrogen-bond acceptors (Lipinski definition) is 4. The van der Waals surface area contributed by atoms with Crippen molar-refractivity contribution in [3.63, 3.8) is 0 Å². The fourth-order valence-corrected chi connectivity index (χ4v) is 3.55. The SMILES string of the molecule is COc1cccc(N2CCC(Nc3cc(C(=O)O)c(C)cc3C)CC2)c1. The molecule has 0 aliphatic carbocycles. The van der Waals surface area contributed by atoms with Crippen LogP contribution in [0, 0.1) is 13.8 Å². The van der Waals surface area contributed by atoms with Crippen molar-refractivity contribution in [1.29, 1.82) is 0 Å². The smallest absolute Gasteiger partial charge is 0.336 e. The Morgan fingerprint density at radius 1 is 1.15 bits per heavy atom. The molecule has 1 aliphatic rings. The van der Waals surface area contributed by atoms with Gasteiger partial charge in [0.1, 0.15) is 5.75 Å². The van der Waals surface area contributed by atoms with Gasteiger partial charge in [-0.05, 0) is 56.0 Å². The minimum Gasteiger partial charge on any atom is -0.497 e. The Bertz CT molecular complexity index is 796. The van der Waals surface area contributed by atoms with E-state index in [0.717, 1.165) is 48.5 Å². The van der Waals surface area contributed by atoms with Crippen LogP contribution >= 0.6 is 0 Å². The normalized spacial score (nSPS) is 15.0. The average Bonchev–Trinajstić information content (AvgIpc) is 2.64. The number of carboxylic acids is 1. The summed E-state index contributed by atoms with van der Waals surface area (Å²) in [5, 5.41) is 12.9. The summed E-state index contributed by atoms with van der Waals surface area (Å²) in [6.45, 7) is 5.78. The number of anilines is 2. The molecule has 3 rings (SSSR count). The number of ether oxygens (including phenoxy) is 1. The van der Waals surface area contributed by atoms with Crippen LogP contribution in [0.25, 0.3) is 0 Å². The second-order valence-electron chi connectivity index (χ2n) is 6.89. The summed E-state index contributed by atoms with van der Waals surface area (Å²) in [4.78, 5) is 13.8. The molecule has 1 fully saturated rings. The monoisotopic (exact) mass is 354 g/mol. The zero-order chi connectivity index (χ0) is 18.7. The quantitative estimate of drug-likeness (QED) is 0.847. The molecule has 5 nitrogen and oxygen atoms in total. The van der Waals surface area contributed by atoms with E-state index in [4.69, 9.17) is 4.74 Å². The van der Waals surface area contributed by atoms with Crippen molar-refractivity contribution in [1.82, 2.24) is 0 Å². The number of benzene rings is 2. The molecule has 26 heavy (non-hydrogen) atoms. The fraction of sp³-hybridized carbons (Fsp3) is 0.381. The second-order valence-corrected chi connectivity index (χ2v) is 6.89. The van der Waals surface area contributed by atoms with Crippen LogP contribution in [-0.4, -0.2) is 37.3 Å². The van der Waals surface area contributed by atoms with Gasteiger partial charge in [-0.3, -0.25) is 0 Å². The second kappa shape index (κ2) is 7.68. The van der Waals surface area contributed by atoms with Crippen molar-refractivity contribution < 1.29 is 14.6 Å². The summed E-state index contributed by atoms with van der Waals surface area (Å²) in [5.74, 6) is -0.00220. The number of aromatic carboxylic acids is 1. The van der Waals surface area contributed by atoms with Gasteiger partial charge in [0.2, 0.25) is 0 Å². The molecule has 0 spiro atoms. The minimum atomic E-state index is -0.876. The Morgan fingerprint density at radius 2 is 1.88 bits per heavy atom. The first-order chi connectivity index (χ1) is 12.5. The topological polar surface area (TPSA) is 61.8 Å². The molecular weight excluding hydrogens is 328 g/mol. The highest BCUT2D eigenvalue weighted by Crippen LogP contribution is 2.27. The Balaban J connectivity index is 1.65. The van der Waals surface area contributed by atoms with E-state index in [0.29, 0.717) is 11.6 Å². The first-order valence-corrected chi connectivity index (χ1v) is 8.98. The average molecular weight is 354 g/mol. The first kappa shape index (κ1) is 18.1. The predicted molar refractivity (Wildman–Crippen MR) is 105 cm³/mol. The van der Waals surface area contributed by atoms with Gasteiger partial charge >= 0.3 is 5.97 Å². The molecule has 1 heterocycles. The summed E-state index contributed by atoms with van der Waals surface area (Å²) < 4.78 is 5.31. The lowest BCUT2D eigenvalue weighted by Gasteiger charge is -2.35. The number of carboxylic acid groups (broad SMARTS) is 1. The summed E-state index contributed by atoms with van der Waals surface area (Å²) in [6, 6.07) is 12.2. The van der Waals surface area contributed by atoms with Crippen LogP contribution < -0.4 is 15.0 Å². The van der Waals surface area contributed by atoms with Gasteiger partial charge in [-0.25, -0.2) is 4.79 Å². The van der Waals surface area contributed by atoms with Crippen LogP contribution in [0.3, 0.4) is 0 Å². The van der Waals surface area contributed by atoms with E-state index >= 15 is 0 Å². The van der Waals surface area contributed by atoms with Crippen LogP contribution in [0.5, 0.6) is 5.75 Å². The number of hydrogen-bond donors (Lipinski definition) is 2. The zero-order valence-electron chi connectivity index (χ0n) is 15.6. The molecule has 2 aromatic carbocycles. The van der Waals surface area contributed by atoms with Crippen LogP contribution in [-0.2, 0) is 0 Å². The maximum Gasteiger partial charge on any atom is 0.336 e. The number of methoxy groups -OCH3 is 1. The third kappa shape index (κ3) is 3.93. The maximum atomic E-state index is 11.4. The van der Waals surface area contributed by atoms with E-state index < -0.39 is 5.97 Å². The van der Waals surface area contributed by atoms with Crippen LogP contribution in [0.4, 0.5) is 11.4 Å². The number of nitrogens with one attached hydrogen (secondary N) is 1. The Hall–Kier alpha value is -2.69. The number of rotatable bonds is 5. The van der Waals surface area contributed by atoms with Gasteiger partial charge in [0.15, 0.2) is 0 Å². The van der Waals surface area contributed by atoms with Gasteiger partial charge in [0.05, 0.1) is 12.7 Å².